The van der Waals surface area contributed by atoms with Gasteiger partial charge in [-0.3, -0.25) is 9.52 Å². The van der Waals surface area contributed by atoms with E-state index in [1.165, 1.54) is 18.2 Å². The zero-order valence-electron chi connectivity index (χ0n) is 15.7. The Morgan fingerprint density at radius 1 is 1.10 bits per heavy atom. The molecular formula is C19H20N2O7S. The summed E-state index contributed by atoms with van der Waals surface area (Å²) in [6.45, 7) is 3.44. The van der Waals surface area contributed by atoms with Crippen LogP contribution in [0.4, 0.5) is 11.4 Å². The summed E-state index contributed by atoms with van der Waals surface area (Å²) < 4.78 is 32.5. The van der Waals surface area contributed by atoms with Gasteiger partial charge >= 0.3 is 11.9 Å². The van der Waals surface area contributed by atoms with Crippen molar-refractivity contribution in [3.63, 3.8) is 0 Å². The van der Waals surface area contributed by atoms with Gasteiger partial charge in [-0.2, -0.15) is 0 Å². The first-order chi connectivity index (χ1) is 13.6. The van der Waals surface area contributed by atoms with Crippen LogP contribution < -0.4 is 14.8 Å². The minimum absolute atomic E-state index is 0.0232. The molecule has 9 nitrogen and oxygen atoms in total. The van der Waals surface area contributed by atoms with Crippen molar-refractivity contribution in [2.45, 2.75) is 31.9 Å². The number of ether oxygens (including phenoxy) is 1. The van der Waals surface area contributed by atoms with Crippen LogP contribution in [0.2, 0.25) is 0 Å². The number of aromatic hydroxyl groups is 1. The van der Waals surface area contributed by atoms with Crippen LogP contribution in [-0.4, -0.2) is 35.8 Å². The number of phenols is 1. The molecule has 0 aromatic heterocycles. The molecule has 1 aliphatic carbocycles. The molecule has 4 N–H and O–H groups in total. The molecule has 0 heterocycles. The molecule has 0 radical (unpaired) electrons. The van der Waals surface area contributed by atoms with E-state index in [0.29, 0.717) is 41.2 Å². The lowest BCUT2D eigenvalue weighted by Crippen LogP contribution is -2.21. The molecule has 0 bridgehead atoms. The molecule has 29 heavy (non-hydrogen) atoms. The van der Waals surface area contributed by atoms with Crippen molar-refractivity contribution in [3.05, 3.63) is 41.5 Å². The van der Waals surface area contributed by atoms with Crippen LogP contribution >= 0.6 is 0 Å². The summed E-state index contributed by atoms with van der Waals surface area (Å²) in [5, 5.41) is 20.5. The molecule has 2 aromatic carbocycles. The Morgan fingerprint density at radius 3 is 2.28 bits per heavy atom. The fourth-order valence-corrected chi connectivity index (χ4v) is 4.15. The van der Waals surface area contributed by atoms with E-state index >= 15 is 0 Å². The number of hydrogen-bond donors (Lipinski definition) is 4. The van der Waals surface area contributed by atoms with E-state index in [0.717, 1.165) is 0 Å². The Kier molecular flexibility index (Phi) is 5.38. The number of carbonyl (C=O) groups is 2. The predicted octanol–water partition coefficient (Wildman–Crippen LogP) is 2.73. The van der Waals surface area contributed by atoms with E-state index < -0.39 is 27.1 Å². The van der Waals surface area contributed by atoms with Gasteiger partial charge in [0, 0.05) is 11.8 Å². The fourth-order valence-electron chi connectivity index (χ4n) is 2.76. The average molecular weight is 420 g/mol. The molecule has 2 aromatic rings. The minimum atomic E-state index is -3.55. The topological polar surface area (TPSA) is 142 Å². The number of carboxylic acid groups (broad SMARTS) is 1. The van der Waals surface area contributed by atoms with Gasteiger partial charge in [0.05, 0.1) is 10.9 Å². The highest BCUT2D eigenvalue weighted by molar-refractivity contribution is 7.93. The van der Waals surface area contributed by atoms with E-state index in [1.807, 2.05) is 0 Å². The van der Waals surface area contributed by atoms with Gasteiger partial charge < -0.3 is 20.3 Å². The van der Waals surface area contributed by atoms with Gasteiger partial charge in [0.25, 0.3) is 0 Å². The zero-order chi connectivity index (χ0) is 21.3. The third-order valence-electron chi connectivity index (χ3n) is 4.32. The quantitative estimate of drug-likeness (QED) is 0.416. The standard InChI is InChI=1S/C19H20N2O7S/c1-10-7-12(20-18(23)19(24)25)8-11(2)17(10)28-13-3-6-16(22)15(9-13)21-29(26,27)14-4-5-14/h3,6-9,14,21-22H,4-5H2,1-2H3,(H,20,23)(H,24,25). The number of sulfonamides is 1. The van der Waals surface area contributed by atoms with Gasteiger partial charge in [0.2, 0.25) is 10.0 Å². The SMILES string of the molecule is Cc1cc(NC(=O)C(=O)O)cc(C)c1Oc1ccc(O)c(NS(=O)(=O)C2CC2)c1. The number of aryl methyl sites for hydroxylation is 2. The van der Waals surface area contributed by atoms with Crippen LogP contribution in [-0.2, 0) is 19.6 Å². The van der Waals surface area contributed by atoms with Crippen LogP contribution in [0.25, 0.3) is 0 Å². The van der Waals surface area contributed by atoms with Crippen molar-refractivity contribution in [2.24, 2.45) is 0 Å². The Balaban J connectivity index is 1.83. The smallest absolute Gasteiger partial charge is 0.394 e. The molecule has 0 unspecified atom stereocenters. The summed E-state index contributed by atoms with van der Waals surface area (Å²) in [6.07, 6.45) is 1.19. The van der Waals surface area contributed by atoms with Gasteiger partial charge in [-0.05, 0) is 62.1 Å². The van der Waals surface area contributed by atoms with Crippen molar-refractivity contribution >= 4 is 33.3 Å². The van der Waals surface area contributed by atoms with Crippen LogP contribution in [0.5, 0.6) is 17.2 Å². The molecule has 1 amide bonds. The van der Waals surface area contributed by atoms with Gasteiger partial charge in [-0.25, -0.2) is 13.2 Å². The predicted molar refractivity (Wildman–Crippen MR) is 106 cm³/mol. The molecule has 1 saturated carbocycles. The molecule has 0 spiro atoms. The Bertz CT molecular complexity index is 1070. The summed E-state index contributed by atoms with van der Waals surface area (Å²) in [7, 11) is -3.55. The second-order valence-electron chi connectivity index (χ2n) is 6.83. The summed E-state index contributed by atoms with van der Waals surface area (Å²) in [5.41, 5.74) is 1.58. The number of aliphatic carboxylic acids is 1. The lowest BCUT2D eigenvalue weighted by molar-refractivity contribution is -0.147. The number of phenolic OH excluding ortho intramolecular Hbond substituents is 1. The van der Waals surface area contributed by atoms with Crippen LogP contribution in [0, 0.1) is 13.8 Å². The number of benzene rings is 2. The molecule has 1 aliphatic rings. The number of amides is 1. The molecule has 3 rings (SSSR count). The normalized spacial score (nSPS) is 13.6. The third-order valence-corrected chi connectivity index (χ3v) is 6.17. The Morgan fingerprint density at radius 2 is 1.72 bits per heavy atom. The summed E-state index contributed by atoms with van der Waals surface area (Å²) in [5.74, 6) is -2.21. The maximum absolute atomic E-state index is 12.1. The van der Waals surface area contributed by atoms with E-state index in [-0.39, 0.29) is 11.4 Å². The number of carbonyl (C=O) groups excluding carboxylic acids is 1. The molecule has 0 atom stereocenters. The van der Waals surface area contributed by atoms with E-state index in [1.54, 1.807) is 26.0 Å². The summed E-state index contributed by atoms with van der Waals surface area (Å²) in [6, 6.07) is 7.31. The van der Waals surface area contributed by atoms with Crippen molar-refractivity contribution in [3.8, 4) is 17.2 Å². The number of nitrogens with one attached hydrogen (secondary N) is 2. The molecule has 1 fully saturated rings. The average Bonchev–Trinajstić information content (AvgIpc) is 3.46. The largest absolute Gasteiger partial charge is 0.506 e. The van der Waals surface area contributed by atoms with E-state index in [9.17, 15) is 23.1 Å². The molecule has 154 valence electrons. The van der Waals surface area contributed by atoms with Gasteiger partial charge in [-0.15, -0.1) is 0 Å². The third kappa shape index (κ3) is 4.77. The number of carboxylic acids is 1. The van der Waals surface area contributed by atoms with Crippen molar-refractivity contribution in [2.75, 3.05) is 10.0 Å². The second kappa shape index (κ2) is 7.63. The Hall–Kier alpha value is -3.27. The second-order valence-corrected chi connectivity index (χ2v) is 8.79. The first kappa shape index (κ1) is 20.5. The number of anilines is 2. The highest BCUT2D eigenvalue weighted by Crippen LogP contribution is 2.37. The Labute approximate surface area is 167 Å². The van der Waals surface area contributed by atoms with Gasteiger partial charge in [0.15, 0.2) is 0 Å². The monoisotopic (exact) mass is 420 g/mol. The maximum Gasteiger partial charge on any atom is 0.394 e. The van der Waals surface area contributed by atoms with E-state index in [4.69, 9.17) is 9.84 Å². The lowest BCUT2D eigenvalue weighted by atomic mass is 10.1. The summed E-state index contributed by atoms with van der Waals surface area (Å²) >= 11 is 0. The first-order valence-corrected chi connectivity index (χ1v) is 10.3. The molecule has 10 heteroatoms. The van der Waals surface area contributed by atoms with Crippen molar-refractivity contribution in [1.82, 2.24) is 0 Å². The lowest BCUT2D eigenvalue weighted by Gasteiger charge is -2.15. The molecule has 0 aliphatic heterocycles. The molecule has 0 saturated heterocycles. The number of rotatable bonds is 6. The van der Waals surface area contributed by atoms with Gasteiger partial charge in [0.1, 0.15) is 17.2 Å². The molecular weight excluding hydrogens is 400 g/mol. The minimum Gasteiger partial charge on any atom is -0.506 e. The number of hydrogen-bond acceptors (Lipinski definition) is 6. The van der Waals surface area contributed by atoms with Crippen LogP contribution in [0.15, 0.2) is 30.3 Å². The fraction of sp³-hybridized carbons (Fsp3) is 0.263. The van der Waals surface area contributed by atoms with Crippen molar-refractivity contribution < 1.29 is 33.0 Å². The summed E-state index contributed by atoms with van der Waals surface area (Å²) in [4.78, 5) is 22.0. The highest BCUT2D eigenvalue weighted by atomic mass is 32.2. The first-order valence-electron chi connectivity index (χ1n) is 8.75. The van der Waals surface area contributed by atoms with E-state index in [2.05, 4.69) is 10.0 Å². The van der Waals surface area contributed by atoms with Gasteiger partial charge in [-0.1, -0.05) is 0 Å². The van der Waals surface area contributed by atoms with Crippen molar-refractivity contribution in [1.29, 1.82) is 0 Å². The highest BCUT2D eigenvalue weighted by Gasteiger charge is 2.36. The zero-order valence-corrected chi connectivity index (χ0v) is 16.5. The maximum atomic E-state index is 12.1. The van der Waals surface area contributed by atoms with Crippen LogP contribution in [0.1, 0.15) is 24.0 Å². The van der Waals surface area contributed by atoms with Crippen LogP contribution in [0.3, 0.4) is 0 Å².